The molecular weight excluding hydrogens is 192 g/mol. The standard InChI is InChI=1S/C6H6N4O2S/c7-4(11)3-1-8-6-10(5(3)12)9-2-13-6/h1-2,5,12H,(H2,7,11). The SMILES string of the molecule is NC(=O)C1=CN=C2SC=NN2C1O. The Morgan fingerprint density at radius 2 is 2.54 bits per heavy atom. The molecule has 6 nitrogen and oxygen atoms in total. The number of primary amides is 1. The molecule has 0 fully saturated rings. The van der Waals surface area contributed by atoms with Gasteiger partial charge >= 0.3 is 0 Å². The molecule has 2 aliphatic rings. The van der Waals surface area contributed by atoms with Crippen molar-refractivity contribution in [1.29, 1.82) is 0 Å². The highest BCUT2D eigenvalue weighted by Crippen LogP contribution is 2.24. The first-order chi connectivity index (χ1) is 6.20. The van der Waals surface area contributed by atoms with Crippen LogP contribution in [0.3, 0.4) is 0 Å². The lowest BCUT2D eigenvalue weighted by atomic mass is 10.2. The van der Waals surface area contributed by atoms with Crippen molar-refractivity contribution in [3.63, 3.8) is 0 Å². The number of carbonyl (C=O) groups is 1. The van der Waals surface area contributed by atoms with Gasteiger partial charge < -0.3 is 10.8 Å². The van der Waals surface area contributed by atoms with Crippen molar-refractivity contribution in [1.82, 2.24) is 5.01 Å². The summed E-state index contributed by atoms with van der Waals surface area (Å²) in [6.45, 7) is 0. The Hall–Kier alpha value is -1.34. The van der Waals surface area contributed by atoms with Crippen molar-refractivity contribution in [2.45, 2.75) is 6.23 Å². The molecule has 3 N–H and O–H groups in total. The molecule has 68 valence electrons. The molecule has 1 unspecified atom stereocenters. The molecule has 2 rings (SSSR count). The quantitative estimate of drug-likeness (QED) is 0.567. The lowest BCUT2D eigenvalue weighted by Crippen LogP contribution is -2.40. The molecule has 0 aromatic heterocycles. The molecule has 0 aromatic rings. The predicted octanol–water partition coefficient (Wildman–Crippen LogP) is -0.964. The number of thioether (sulfide) groups is 1. The van der Waals surface area contributed by atoms with Crippen LogP contribution < -0.4 is 5.73 Å². The Balaban J connectivity index is 2.35. The van der Waals surface area contributed by atoms with Gasteiger partial charge in [0.1, 0.15) is 0 Å². The van der Waals surface area contributed by atoms with Crippen LogP contribution in [0.5, 0.6) is 0 Å². The summed E-state index contributed by atoms with van der Waals surface area (Å²) in [6, 6.07) is 0. The summed E-state index contributed by atoms with van der Waals surface area (Å²) in [5, 5.41) is 15.2. The number of hydrazone groups is 1. The summed E-state index contributed by atoms with van der Waals surface area (Å²) in [5.74, 6) is -0.692. The fraction of sp³-hybridized carbons (Fsp3) is 0.167. The molecule has 1 atom stereocenters. The van der Waals surface area contributed by atoms with Gasteiger partial charge in [0, 0.05) is 6.20 Å². The fourth-order valence-corrected chi connectivity index (χ4v) is 1.61. The van der Waals surface area contributed by atoms with Gasteiger partial charge in [-0.3, -0.25) is 4.79 Å². The van der Waals surface area contributed by atoms with E-state index in [2.05, 4.69) is 10.1 Å². The van der Waals surface area contributed by atoms with E-state index in [0.717, 1.165) is 0 Å². The number of rotatable bonds is 1. The molecule has 2 aliphatic heterocycles. The van der Waals surface area contributed by atoms with Crippen LogP contribution >= 0.6 is 11.8 Å². The second-order valence-corrected chi connectivity index (χ2v) is 3.23. The third kappa shape index (κ3) is 1.21. The first kappa shape index (κ1) is 8.27. The van der Waals surface area contributed by atoms with Crippen LogP contribution in [0.15, 0.2) is 21.9 Å². The number of hydrogen-bond donors (Lipinski definition) is 2. The van der Waals surface area contributed by atoms with Crippen molar-refractivity contribution in [3.05, 3.63) is 11.8 Å². The zero-order chi connectivity index (χ0) is 9.42. The van der Waals surface area contributed by atoms with E-state index >= 15 is 0 Å². The van der Waals surface area contributed by atoms with Crippen LogP contribution in [0.25, 0.3) is 0 Å². The Morgan fingerprint density at radius 3 is 3.23 bits per heavy atom. The molecule has 13 heavy (non-hydrogen) atoms. The van der Waals surface area contributed by atoms with E-state index in [1.807, 2.05) is 0 Å². The number of nitrogens with two attached hydrogens (primary N) is 1. The minimum Gasteiger partial charge on any atom is -0.367 e. The highest BCUT2D eigenvalue weighted by atomic mass is 32.2. The van der Waals surface area contributed by atoms with E-state index in [1.165, 1.54) is 28.5 Å². The summed E-state index contributed by atoms with van der Waals surface area (Å²) < 4.78 is 0. The van der Waals surface area contributed by atoms with Crippen LogP contribution in [0.1, 0.15) is 0 Å². The summed E-state index contributed by atoms with van der Waals surface area (Å²) in [5.41, 5.74) is 6.59. The summed E-state index contributed by atoms with van der Waals surface area (Å²) >= 11 is 1.27. The fourth-order valence-electron chi connectivity index (χ4n) is 0.996. The Kier molecular flexibility index (Phi) is 1.82. The minimum atomic E-state index is -1.11. The van der Waals surface area contributed by atoms with E-state index in [4.69, 9.17) is 5.73 Å². The molecule has 0 aromatic carbocycles. The second-order valence-electron chi connectivity index (χ2n) is 2.42. The number of aliphatic imine (C=N–C) groups is 1. The van der Waals surface area contributed by atoms with E-state index in [1.54, 1.807) is 0 Å². The molecule has 0 saturated heterocycles. The molecule has 1 amide bonds. The second kappa shape index (κ2) is 2.86. The van der Waals surface area contributed by atoms with Crippen LogP contribution in [0.2, 0.25) is 0 Å². The van der Waals surface area contributed by atoms with Gasteiger partial charge in [0.05, 0.1) is 11.1 Å². The number of aliphatic hydroxyl groups excluding tert-OH is 1. The molecular formula is C6H6N4O2S. The molecule has 2 heterocycles. The number of amides is 1. The van der Waals surface area contributed by atoms with Gasteiger partial charge in [0.25, 0.3) is 5.91 Å². The molecule has 0 aliphatic carbocycles. The maximum atomic E-state index is 10.8. The first-order valence-electron chi connectivity index (χ1n) is 3.44. The maximum absolute atomic E-state index is 10.8. The molecule has 0 spiro atoms. The lowest BCUT2D eigenvalue weighted by molar-refractivity contribution is -0.116. The number of nitrogens with zero attached hydrogens (tertiary/aromatic N) is 3. The molecule has 0 bridgehead atoms. The van der Waals surface area contributed by atoms with Crippen LogP contribution in [-0.2, 0) is 4.79 Å². The van der Waals surface area contributed by atoms with Crippen LogP contribution in [0.4, 0.5) is 0 Å². The third-order valence-electron chi connectivity index (χ3n) is 1.63. The van der Waals surface area contributed by atoms with Gasteiger partial charge in [-0.15, -0.1) is 0 Å². The summed E-state index contributed by atoms with van der Waals surface area (Å²) in [7, 11) is 0. The van der Waals surface area contributed by atoms with Crippen molar-refractivity contribution in [2.24, 2.45) is 15.8 Å². The van der Waals surface area contributed by atoms with Gasteiger partial charge in [0.15, 0.2) is 11.4 Å². The Morgan fingerprint density at radius 1 is 1.77 bits per heavy atom. The Labute approximate surface area is 77.8 Å². The monoisotopic (exact) mass is 198 g/mol. The number of carbonyl (C=O) groups excluding carboxylic acids is 1. The van der Waals surface area contributed by atoms with Crippen molar-refractivity contribution < 1.29 is 9.90 Å². The third-order valence-corrected chi connectivity index (χ3v) is 2.34. The van der Waals surface area contributed by atoms with Crippen molar-refractivity contribution in [3.8, 4) is 0 Å². The van der Waals surface area contributed by atoms with E-state index in [0.29, 0.717) is 5.17 Å². The van der Waals surface area contributed by atoms with Gasteiger partial charge in [-0.25, -0.2) is 10.0 Å². The highest BCUT2D eigenvalue weighted by Gasteiger charge is 2.31. The zero-order valence-corrected chi connectivity index (χ0v) is 7.23. The number of amidine groups is 1. The zero-order valence-electron chi connectivity index (χ0n) is 6.41. The largest absolute Gasteiger partial charge is 0.367 e. The van der Waals surface area contributed by atoms with Crippen LogP contribution in [-0.4, -0.2) is 33.0 Å². The smallest absolute Gasteiger partial charge is 0.250 e. The first-order valence-corrected chi connectivity index (χ1v) is 4.32. The molecule has 7 heteroatoms. The predicted molar refractivity (Wildman–Crippen MR) is 48.6 cm³/mol. The number of hydrogen-bond acceptors (Lipinski definition) is 6. The number of aliphatic hydroxyl groups is 1. The molecule has 0 saturated carbocycles. The topological polar surface area (TPSA) is 91.3 Å². The van der Waals surface area contributed by atoms with Gasteiger partial charge in [0.2, 0.25) is 0 Å². The van der Waals surface area contributed by atoms with Crippen molar-refractivity contribution >= 4 is 28.4 Å². The normalized spacial score (nSPS) is 25.3. The van der Waals surface area contributed by atoms with E-state index in [-0.39, 0.29) is 5.57 Å². The lowest BCUT2D eigenvalue weighted by Gasteiger charge is -2.24. The van der Waals surface area contributed by atoms with Crippen LogP contribution in [0, 0.1) is 0 Å². The number of fused-ring (bicyclic) bond motifs is 1. The highest BCUT2D eigenvalue weighted by molar-refractivity contribution is 8.25. The average Bonchev–Trinajstić information content (AvgIpc) is 2.52. The van der Waals surface area contributed by atoms with E-state index in [9.17, 15) is 9.90 Å². The Bertz CT molecular complexity index is 349. The summed E-state index contributed by atoms with van der Waals surface area (Å²) in [6.07, 6.45) is 0.150. The molecule has 0 radical (unpaired) electrons. The average molecular weight is 198 g/mol. The van der Waals surface area contributed by atoms with Crippen molar-refractivity contribution in [2.75, 3.05) is 0 Å². The van der Waals surface area contributed by atoms with Gasteiger partial charge in [-0.2, -0.15) is 5.10 Å². The summed E-state index contributed by atoms with van der Waals surface area (Å²) in [4.78, 5) is 14.7. The van der Waals surface area contributed by atoms with Gasteiger partial charge in [-0.1, -0.05) is 0 Å². The van der Waals surface area contributed by atoms with E-state index < -0.39 is 12.1 Å². The van der Waals surface area contributed by atoms with Gasteiger partial charge in [-0.05, 0) is 11.8 Å². The minimum absolute atomic E-state index is 0.0448. The maximum Gasteiger partial charge on any atom is 0.250 e.